The summed E-state index contributed by atoms with van der Waals surface area (Å²) in [5.41, 5.74) is 1.51. The predicted octanol–water partition coefficient (Wildman–Crippen LogP) is 2.62. The molecule has 0 aliphatic carbocycles. The maximum Gasteiger partial charge on any atom is 0.331 e. The summed E-state index contributed by atoms with van der Waals surface area (Å²) in [5, 5.41) is 3.88. The van der Waals surface area contributed by atoms with Gasteiger partial charge in [-0.05, 0) is 35.9 Å². The van der Waals surface area contributed by atoms with Crippen LogP contribution in [-0.4, -0.2) is 27.9 Å². The maximum absolute atomic E-state index is 11.7. The van der Waals surface area contributed by atoms with Crippen molar-refractivity contribution in [2.75, 3.05) is 6.79 Å². The third kappa shape index (κ3) is 3.54. The van der Waals surface area contributed by atoms with Crippen LogP contribution in [-0.2, 0) is 16.1 Å². The molecule has 0 saturated carbocycles. The van der Waals surface area contributed by atoms with E-state index in [-0.39, 0.29) is 19.3 Å². The van der Waals surface area contributed by atoms with Crippen molar-refractivity contribution in [2.45, 2.75) is 6.61 Å². The van der Waals surface area contributed by atoms with Crippen molar-refractivity contribution >= 4 is 12.0 Å². The lowest BCUT2D eigenvalue weighted by atomic mass is 10.2. The van der Waals surface area contributed by atoms with Crippen molar-refractivity contribution < 1.29 is 23.5 Å². The quantitative estimate of drug-likeness (QED) is 0.511. The molecule has 4 rings (SSSR count). The molecule has 0 saturated heterocycles. The highest BCUT2D eigenvalue weighted by atomic mass is 16.7. The van der Waals surface area contributed by atoms with Gasteiger partial charge in [-0.15, -0.1) is 0 Å². The molecule has 8 heteroatoms. The molecular weight excluding hydrogens is 338 g/mol. The second-order valence-corrected chi connectivity index (χ2v) is 5.31. The fourth-order valence-electron chi connectivity index (χ4n) is 2.29. The SMILES string of the molecule is O=C(/C=C/c1cccnc1)OCc1nc(-c2ccc3c(c2)OCO3)no1. The second kappa shape index (κ2) is 7.06. The number of ether oxygens (including phenoxy) is 3. The van der Waals surface area contributed by atoms with E-state index in [0.29, 0.717) is 22.9 Å². The van der Waals surface area contributed by atoms with E-state index >= 15 is 0 Å². The molecule has 1 aliphatic rings. The van der Waals surface area contributed by atoms with Crippen molar-refractivity contribution in [1.29, 1.82) is 0 Å². The molecule has 26 heavy (non-hydrogen) atoms. The van der Waals surface area contributed by atoms with E-state index in [0.717, 1.165) is 5.56 Å². The number of hydrogen-bond donors (Lipinski definition) is 0. The molecule has 0 N–H and O–H groups in total. The van der Waals surface area contributed by atoms with Crippen LogP contribution in [0.4, 0.5) is 0 Å². The van der Waals surface area contributed by atoms with Crippen LogP contribution >= 0.6 is 0 Å². The van der Waals surface area contributed by atoms with Crippen LogP contribution in [0, 0.1) is 0 Å². The summed E-state index contributed by atoms with van der Waals surface area (Å²) >= 11 is 0. The summed E-state index contributed by atoms with van der Waals surface area (Å²) in [5.74, 6) is 1.35. The van der Waals surface area contributed by atoms with E-state index in [4.69, 9.17) is 18.7 Å². The molecule has 0 atom stereocenters. The number of pyridine rings is 1. The van der Waals surface area contributed by atoms with Gasteiger partial charge < -0.3 is 18.7 Å². The Balaban J connectivity index is 1.36. The smallest absolute Gasteiger partial charge is 0.331 e. The minimum atomic E-state index is -0.517. The first-order chi connectivity index (χ1) is 12.8. The topological polar surface area (TPSA) is 96.6 Å². The van der Waals surface area contributed by atoms with Crippen LogP contribution in [0.3, 0.4) is 0 Å². The number of carbonyl (C=O) groups excluding carboxylic acids is 1. The monoisotopic (exact) mass is 351 g/mol. The van der Waals surface area contributed by atoms with Gasteiger partial charge in [0.1, 0.15) is 0 Å². The normalized spacial score (nSPS) is 12.5. The lowest BCUT2D eigenvalue weighted by Crippen LogP contribution is -2.01. The summed E-state index contributed by atoms with van der Waals surface area (Å²) in [7, 11) is 0. The first kappa shape index (κ1) is 15.8. The highest BCUT2D eigenvalue weighted by Gasteiger charge is 2.16. The molecule has 0 unspecified atom stereocenters. The second-order valence-electron chi connectivity index (χ2n) is 5.31. The Morgan fingerprint density at radius 3 is 3.04 bits per heavy atom. The van der Waals surface area contributed by atoms with Gasteiger partial charge in [0.25, 0.3) is 5.89 Å². The van der Waals surface area contributed by atoms with Crippen LogP contribution < -0.4 is 9.47 Å². The zero-order chi connectivity index (χ0) is 17.8. The standard InChI is InChI=1S/C18H13N3O5/c22-17(6-3-12-2-1-7-19-9-12)23-10-16-20-18(21-26-16)13-4-5-14-15(8-13)25-11-24-14/h1-9H,10-11H2/b6-3+. The summed E-state index contributed by atoms with van der Waals surface area (Å²) in [4.78, 5) is 19.9. The van der Waals surface area contributed by atoms with E-state index in [2.05, 4.69) is 15.1 Å². The molecule has 0 amide bonds. The van der Waals surface area contributed by atoms with Crippen LogP contribution in [0.2, 0.25) is 0 Å². The van der Waals surface area contributed by atoms with Crippen molar-refractivity contribution in [3.63, 3.8) is 0 Å². The van der Waals surface area contributed by atoms with Gasteiger partial charge in [-0.3, -0.25) is 4.98 Å². The van der Waals surface area contributed by atoms with Crippen LogP contribution in [0.25, 0.3) is 17.5 Å². The molecule has 8 nitrogen and oxygen atoms in total. The fraction of sp³-hybridized carbons (Fsp3) is 0.111. The van der Waals surface area contributed by atoms with Gasteiger partial charge in [0.05, 0.1) is 0 Å². The molecular formula is C18H13N3O5. The zero-order valence-electron chi connectivity index (χ0n) is 13.5. The van der Waals surface area contributed by atoms with Gasteiger partial charge in [-0.2, -0.15) is 4.98 Å². The number of benzene rings is 1. The summed E-state index contributed by atoms with van der Waals surface area (Å²) in [6.45, 7) is 0.0760. The van der Waals surface area contributed by atoms with E-state index in [1.807, 2.05) is 6.07 Å². The Kier molecular flexibility index (Phi) is 4.29. The average Bonchev–Trinajstić information content (AvgIpc) is 3.34. The zero-order valence-corrected chi connectivity index (χ0v) is 13.5. The van der Waals surface area contributed by atoms with Crippen molar-refractivity contribution in [2.24, 2.45) is 0 Å². The molecule has 1 aliphatic heterocycles. The highest BCUT2D eigenvalue weighted by molar-refractivity contribution is 5.86. The van der Waals surface area contributed by atoms with E-state index in [9.17, 15) is 4.79 Å². The largest absolute Gasteiger partial charge is 0.454 e. The number of aromatic nitrogens is 3. The van der Waals surface area contributed by atoms with Crippen LogP contribution in [0.1, 0.15) is 11.5 Å². The van der Waals surface area contributed by atoms with Gasteiger partial charge in [-0.25, -0.2) is 4.79 Å². The van der Waals surface area contributed by atoms with Gasteiger partial charge in [0, 0.05) is 24.0 Å². The van der Waals surface area contributed by atoms with Crippen LogP contribution in [0.5, 0.6) is 11.5 Å². The number of hydrogen-bond acceptors (Lipinski definition) is 8. The van der Waals surface area contributed by atoms with Gasteiger partial charge in [0.2, 0.25) is 12.6 Å². The molecule has 0 spiro atoms. The van der Waals surface area contributed by atoms with Crippen LogP contribution in [0.15, 0.2) is 53.3 Å². The number of esters is 1. The van der Waals surface area contributed by atoms with E-state index in [1.165, 1.54) is 6.08 Å². The minimum Gasteiger partial charge on any atom is -0.454 e. The highest BCUT2D eigenvalue weighted by Crippen LogP contribution is 2.35. The number of rotatable bonds is 5. The molecule has 3 aromatic rings. The third-order valence-electron chi connectivity index (χ3n) is 3.53. The van der Waals surface area contributed by atoms with Gasteiger partial charge in [-0.1, -0.05) is 11.2 Å². The third-order valence-corrected chi connectivity index (χ3v) is 3.53. The number of nitrogens with zero attached hydrogens (tertiary/aromatic N) is 3. The first-order valence-corrected chi connectivity index (χ1v) is 7.75. The molecule has 130 valence electrons. The fourth-order valence-corrected chi connectivity index (χ4v) is 2.29. The number of fused-ring (bicyclic) bond motifs is 1. The lowest BCUT2D eigenvalue weighted by Gasteiger charge is -1.98. The summed E-state index contributed by atoms with van der Waals surface area (Å²) in [6, 6.07) is 8.94. The Morgan fingerprint density at radius 1 is 1.23 bits per heavy atom. The Labute approximate surface area is 148 Å². The lowest BCUT2D eigenvalue weighted by molar-refractivity contribution is -0.139. The molecule has 1 aromatic carbocycles. The van der Waals surface area contributed by atoms with E-state index < -0.39 is 5.97 Å². The molecule has 3 heterocycles. The Hall–Kier alpha value is -3.68. The van der Waals surface area contributed by atoms with Crippen molar-refractivity contribution in [3.05, 3.63) is 60.3 Å². The van der Waals surface area contributed by atoms with Gasteiger partial charge >= 0.3 is 5.97 Å². The van der Waals surface area contributed by atoms with Gasteiger partial charge in [0.15, 0.2) is 18.1 Å². The summed E-state index contributed by atoms with van der Waals surface area (Å²) < 4.78 is 20.8. The molecule has 0 fully saturated rings. The van der Waals surface area contributed by atoms with Crippen molar-refractivity contribution in [1.82, 2.24) is 15.1 Å². The summed E-state index contributed by atoms with van der Waals surface area (Å²) in [6.07, 6.45) is 6.22. The predicted molar refractivity (Wildman–Crippen MR) is 88.9 cm³/mol. The molecule has 0 bridgehead atoms. The average molecular weight is 351 g/mol. The Bertz CT molecular complexity index is 952. The van der Waals surface area contributed by atoms with E-state index in [1.54, 1.807) is 42.7 Å². The molecule has 0 radical (unpaired) electrons. The Morgan fingerprint density at radius 2 is 2.15 bits per heavy atom. The maximum atomic E-state index is 11.7. The molecule has 2 aromatic heterocycles. The number of carbonyl (C=O) groups is 1. The minimum absolute atomic E-state index is 0.117. The first-order valence-electron chi connectivity index (χ1n) is 7.75. The van der Waals surface area contributed by atoms with Crippen molar-refractivity contribution in [3.8, 4) is 22.9 Å².